The molecule has 0 saturated heterocycles. The minimum absolute atomic E-state index is 0.210. The average Bonchev–Trinajstić information content (AvgIpc) is 2.15. The highest BCUT2D eigenvalue weighted by molar-refractivity contribution is 6.31. The molecule has 2 atom stereocenters. The summed E-state index contributed by atoms with van der Waals surface area (Å²) < 4.78 is 12.7. The Hall–Kier alpha value is -0.640. The predicted molar refractivity (Wildman–Crippen MR) is 54.6 cm³/mol. The van der Waals surface area contributed by atoms with Gasteiger partial charge in [-0.05, 0) is 18.6 Å². The molecule has 0 aromatic heterocycles. The van der Waals surface area contributed by atoms with Gasteiger partial charge in [0.2, 0.25) is 0 Å². The zero-order chi connectivity index (χ0) is 10.7. The summed E-state index contributed by atoms with van der Waals surface area (Å²) in [5, 5.41) is 9.94. The summed E-state index contributed by atoms with van der Waals surface area (Å²) in [5.41, 5.74) is 6.13. The minimum Gasteiger partial charge on any atom is -0.387 e. The Morgan fingerprint density at radius 3 is 2.71 bits per heavy atom. The average molecular weight is 218 g/mol. The van der Waals surface area contributed by atoms with Crippen molar-refractivity contribution in [1.29, 1.82) is 0 Å². The molecule has 0 saturated carbocycles. The molecular formula is C10H13ClFNO. The van der Waals surface area contributed by atoms with Crippen LogP contribution in [0.3, 0.4) is 0 Å². The first-order chi connectivity index (χ1) is 6.56. The molecule has 4 heteroatoms. The number of hydrogen-bond donors (Lipinski definition) is 2. The molecule has 3 N–H and O–H groups in total. The van der Waals surface area contributed by atoms with Crippen molar-refractivity contribution in [2.24, 2.45) is 5.73 Å². The van der Waals surface area contributed by atoms with Gasteiger partial charge in [-0.3, -0.25) is 0 Å². The van der Waals surface area contributed by atoms with Crippen molar-refractivity contribution in [1.82, 2.24) is 0 Å². The van der Waals surface area contributed by atoms with E-state index in [4.69, 9.17) is 17.3 Å². The molecule has 2 unspecified atom stereocenters. The third kappa shape index (κ3) is 2.44. The van der Waals surface area contributed by atoms with E-state index in [9.17, 15) is 9.50 Å². The zero-order valence-electron chi connectivity index (χ0n) is 7.87. The third-order valence-electron chi connectivity index (χ3n) is 2.16. The molecule has 0 bridgehead atoms. The summed E-state index contributed by atoms with van der Waals surface area (Å²) in [6, 6.07) is 3.51. The highest BCUT2D eigenvalue weighted by Gasteiger charge is 2.17. The molecule has 1 aromatic rings. The molecule has 78 valence electrons. The number of halogens is 2. The van der Waals surface area contributed by atoms with E-state index in [-0.39, 0.29) is 11.1 Å². The van der Waals surface area contributed by atoms with Gasteiger partial charge in [-0.25, -0.2) is 4.39 Å². The quantitative estimate of drug-likeness (QED) is 0.816. The van der Waals surface area contributed by atoms with E-state index in [1.165, 1.54) is 18.2 Å². The maximum atomic E-state index is 12.7. The zero-order valence-corrected chi connectivity index (χ0v) is 8.63. The number of aliphatic hydroxyl groups excluding tert-OH is 1. The van der Waals surface area contributed by atoms with Crippen LogP contribution in [0.5, 0.6) is 0 Å². The van der Waals surface area contributed by atoms with Crippen LogP contribution in [0.15, 0.2) is 18.2 Å². The van der Waals surface area contributed by atoms with E-state index in [1.807, 2.05) is 6.92 Å². The van der Waals surface area contributed by atoms with Crippen LogP contribution in [0.4, 0.5) is 4.39 Å². The van der Waals surface area contributed by atoms with Crippen LogP contribution < -0.4 is 5.73 Å². The van der Waals surface area contributed by atoms with Gasteiger partial charge >= 0.3 is 0 Å². The monoisotopic (exact) mass is 217 g/mol. The summed E-state index contributed by atoms with van der Waals surface area (Å²) in [5.74, 6) is -0.420. The highest BCUT2D eigenvalue weighted by atomic mass is 35.5. The van der Waals surface area contributed by atoms with E-state index in [2.05, 4.69) is 0 Å². The van der Waals surface area contributed by atoms with Gasteiger partial charge < -0.3 is 10.8 Å². The lowest BCUT2D eigenvalue weighted by atomic mass is 10.0. The van der Waals surface area contributed by atoms with Crippen LogP contribution in [-0.4, -0.2) is 11.1 Å². The number of hydrogen-bond acceptors (Lipinski definition) is 2. The van der Waals surface area contributed by atoms with Gasteiger partial charge in [0, 0.05) is 16.6 Å². The Kier molecular flexibility index (Phi) is 3.86. The summed E-state index contributed by atoms with van der Waals surface area (Å²) in [6.45, 7) is 1.87. The molecule has 0 aliphatic carbocycles. The normalized spacial score (nSPS) is 15.2. The van der Waals surface area contributed by atoms with Crippen molar-refractivity contribution >= 4 is 11.6 Å². The maximum absolute atomic E-state index is 12.7. The highest BCUT2D eigenvalue weighted by Crippen LogP contribution is 2.26. The van der Waals surface area contributed by atoms with Crippen molar-refractivity contribution < 1.29 is 9.50 Å². The van der Waals surface area contributed by atoms with E-state index in [1.54, 1.807) is 0 Å². The Bertz CT molecular complexity index is 319. The molecule has 0 heterocycles. The molecule has 1 rings (SSSR count). The Balaban J connectivity index is 2.95. The molecule has 0 radical (unpaired) electrons. The van der Waals surface area contributed by atoms with Gasteiger partial charge in [0.25, 0.3) is 0 Å². The minimum atomic E-state index is -0.840. The predicted octanol–water partition coefficient (Wildman–Crippen LogP) is 2.25. The van der Waals surface area contributed by atoms with E-state index >= 15 is 0 Å². The van der Waals surface area contributed by atoms with Gasteiger partial charge in [0.1, 0.15) is 5.82 Å². The summed E-state index contributed by atoms with van der Waals surface area (Å²) >= 11 is 5.77. The van der Waals surface area contributed by atoms with Crippen LogP contribution in [0.2, 0.25) is 5.02 Å². The largest absolute Gasteiger partial charge is 0.387 e. The van der Waals surface area contributed by atoms with Crippen molar-refractivity contribution in [3.63, 3.8) is 0 Å². The molecular weight excluding hydrogens is 205 g/mol. The standard InChI is InChI=1S/C10H13ClFNO/c1-2-9(13)10(14)7-4-3-6(12)5-8(7)11/h3-5,9-10,14H,2,13H2,1H3. The van der Waals surface area contributed by atoms with Crippen molar-refractivity contribution in [3.05, 3.63) is 34.6 Å². The first kappa shape index (κ1) is 11.4. The van der Waals surface area contributed by atoms with Crippen molar-refractivity contribution in [2.45, 2.75) is 25.5 Å². The van der Waals surface area contributed by atoms with E-state index in [0.29, 0.717) is 12.0 Å². The van der Waals surface area contributed by atoms with Crippen molar-refractivity contribution in [3.8, 4) is 0 Å². The molecule has 0 aliphatic heterocycles. The SMILES string of the molecule is CCC(N)C(O)c1ccc(F)cc1Cl. The molecule has 2 nitrogen and oxygen atoms in total. The second-order valence-corrected chi connectivity index (χ2v) is 3.59. The third-order valence-corrected chi connectivity index (χ3v) is 2.49. The van der Waals surface area contributed by atoms with Crippen LogP contribution in [0.25, 0.3) is 0 Å². The van der Waals surface area contributed by atoms with Crippen LogP contribution >= 0.6 is 11.6 Å². The fourth-order valence-electron chi connectivity index (χ4n) is 1.20. The Morgan fingerprint density at radius 2 is 2.21 bits per heavy atom. The second-order valence-electron chi connectivity index (χ2n) is 3.18. The van der Waals surface area contributed by atoms with Crippen LogP contribution in [0, 0.1) is 5.82 Å². The number of nitrogens with two attached hydrogens (primary N) is 1. The van der Waals surface area contributed by atoms with Crippen molar-refractivity contribution in [2.75, 3.05) is 0 Å². The number of aliphatic hydroxyl groups is 1. The molecule has 0 fully saturated rings. The van der Waals surface area contributed by atoms with Gasteiger partial charge in [0.05, 0.1) is 6.10 Å². The first-order valence-electron chi connectivity index (χ1n) is 4.44. The molecule has 0 aliphatic rings. The first-order valence-corrected chi connectivity index (χ1v) is 4.82. The number of benzene rings is 1. The maximum Gasteiger partial charge on any atom is 0.124 e. The number of rotatable bonds is 3. The fraction of sp³-hybridized carbons (Fsp3) is 0.400. The molecule has 14 heavy (non-hydrogen) atoms. The smallest absolute Gasteiger partial charge is 0.124 e. The van der Waals surface area contributed by atoms with Gasteiger partial charge in [0.15, 0.2) is 0 Å². The van der Waals surface area contributed by atoms with Gasteiger partial charge in [-0.2, -0.15) is 0 Å². The summed E-state index contributed by atoms with van der Waals surface area (Å²) in [6.07, 6.45) is -0.206. The van der Waals surface area contributed by atoms with Crippen LogP contribution in [-0.2, 0) is 0 Å². The lowest BCUT2D eigenvalue weighted by molar-refractivity contribution is 0.144. The lowest BCUT2D eigenvalue weighted by Gasteiger charge is -2.18. The Labute approximate surface area is 87.5 Å². The summed E-state index contributed by atoms with van der Waals surface area (Å²) in [7, 11) is 0. The fourth-order valence-corrected chi connectivity index (χ4v) is 1.47. The topological polar surface area (TPSA) is 46.2 Å². The van der Waals surface area contributed by atoms with E-state index in [0.717, 1.165) is 0 Å². The molecule has 0 spiro atoms. The second kappa shape index (κ2) is 4.73. The lowest BCUT2D eigenvalue weighted by Crippen LogP contribution is -2.27. The van der Waals surface area contributed by atoms with E-state index < -0.39 is 11.9 Å². The van der Waals surface area contributed by atoms with Gasteiger partial charge in [-0.1, -0.05) is 24.6 Å². The van der Waals surface area contributed by atoms with Crippen LogP contribution in [0.1, 0.15) is 25.0 Å². The Morgan fingerprint density at radius 1 is 1.57 bits per heavy atom. The van der Waals surface area contributed by atoms with Gasteiger partial charge in [-0.15, -0.1) is 0 Å². The molecule has 0 amide bonds. The summed E-state index contributed by atoms with van der Waals surface area (Å²) in [4.78, 5) is 0. The molecule has 1 aromatic carbocycles.